The molecule has 0 aliphatic heterocycles. The third kappa shape index (κ3) is 3.88. The van der Waals surface area contributed by atoms with Crippen molar-refractivity contribution in [1.82, 2.24) is 9.97 Å². The first-order chi connectivity index (χ1) is 8.38. The molecule has 2 N–H and O–H groups in total. The molecule has 1 heterocycles. The van der Waals surface area contributed by atoms with Gasteiger partial charge >= 0.3 is 0 Å². The van der Waals surface area contributed by atoms with Crippen LogP contribution in [0.2, 0.25) is 0 Å². The van der Waals surface area contributed by atoms with Crippen molar-refractivity contribution in [1.29, 1.82) is 0 Å². The van der Waals surface area contributed by atoms with Gasteiger partial charge in [-0.15, -0.1) is 0 Å². The van der Waals surface area contributed by atoms with E-state index in [4.69, 9.17) is 0 Å². The van der Waals surface area contributed by atoms with Gasteiger partial charge in [-0.3, -0.25) is 0 Å². The van der Waals surface area contributed by atoms with Gasteiger partial charge in [0.2, 0.25) is 5.95 Å². The summed E-state index contributed by atoms with van der Waals surface area (Å²) in [4.78, 5) is 8.55. The number of aromatic nitrogens is 2. The molecule has 17 heavy (non-hydrogen) atoms. The SMILES string of the molecule is CCNc1nccc(NCCC2CCCC2)n1. The van der Waals surface area contributed by atoms with Gasteiger partial charge in [-0.25, -0.2) is 4.98 Å². The summed E-state index contributed by atoms with van der Waals surface area (Å²) < 4.78 is 0. The highest BCUT2D eigenvalue weighted by Gasteiger charge is 2.14. The van der Waals surface area contributed by atoms with Crippen molar-refractivity contribution >= 4 is 11.8 Å². The van der Waals surface area contributed by atoms with Gasteiger partial charge in [0.25, 0.3) is 0 Å². The highest BCUT2D eigenvalue weighted by molar-refractivity contribution is 5.39. The van der Waals surface area contributed by atoms with Crippen LogP contribution in [-0.2, 0) is 0 Å². The summed E-state index contributed by atoms with van der Waals surface area (Å²) in [6.45, 7) is 3.92. The zero-order valence-electron chi connectivity index (χ0n) is 10.6. The summed E-state index contributed by atoms with van der Waals surface area (Å²) in [7, 11) is 0. The summed E-state index contributed by atoms with van der Waals surface area (Å²) in [6.07, 6.45) is 8.72. The van der Waals surface area contributed by atoms with Gasteiger partial charge in [-0.1, -0.05) is 25.7 Å². The molecule has 0 atom stereocenters. The second-order valence-corrected chi connectivity index (χ2v) is 4.66. The fourth-order valence-electron chi connectivity index (χ4n) is 2.40. The Hall–Kier alpha value is -1.32. The zero-order valence-corrected chi connectivity index (χ0v) is 10.6. The lowest BCUT2D eigenvalue weighted by Crippen LogP contribution is -2.09. The zero-order chi connectivity index (χ0) is 11.9. The van der Waals surface area contributed by atoms with Crippen LogP contribution in [0, 0.1) is 5.92 Å². The summed E-state index contributed by atoms with van der Waals surface area (Å²) in [5.74, 6) is 2.56. The second-order valence-electron chi connectivity index (χ2n) is 4.66. The number of hydrogen-bond acceptors (Lipinski definition) is 4. The van der Waals surface area contributed by atoms with Gasteiger partial charge in [-0.05, 0) is 25.3 Å². The van der Waals surface area contributed by atoms with E-state index in [0.29, 0.717) is 5.95 Å². The average molecular weight is 234 g/mol. The second kappa shape index (κ2) is 6.42. The van der Waals surface area contributed by atoms with Crippen molar-refractivity contribution in [2.24, 2.45) is 5.92 Å². The minimum atomic E-state index is 0.707. The van der Waals surface area contributed by atoms with Crippen LogP contribution in [0.1, 0.15) is 39.0 Å². The van der Waals surface area contributed by atoms with Crippen LogP contribution in [0.5, 0.6) is 0 Å². The van der Waals surface area contributed by atoms with Crippen LogP contribution < -0.4 is 10.6 Å². The largest absolute Gasteiger partial charge is 0.370 e. The van der Waals surface area contributed by atoms with E-state index < -0.39 is 0 Å². The third-order valence-corrected chi connectivity index (χ3v) is 3.32. The molecule has 1 aromatic rings. The third-order valence-electron chi connectivity index (χ3n) is 3.32. The molecule has 1 fully saturated rings. The van der Waals surface area contributed by atoms with Crippen molar-refractivity contribution in [2.45, 2.75) is 39.0 Å². The van der Waals surface area contributed by atoms with E-state index in [1.807, 2.05) is 13.0 Å². The van der Waals surface area contributed by atoms with E-state index >= 15 is 0 Å². The van der Waals surface area contributed by atoms with Crippen molar-refractivity contribution in [3.05, 3.63) is 12.3 Å². The Kier molecular flexibility index (Phi) is 4.59. The standard InChI is InChI=1S/C13H22N4/c1-2-14-13-16-10-8-12(17-13)15-9-7-11-5-3-4-6-11/h8,10-11H,2-7,9H2,1H3,(H2,14,15,16,17). The minimum Gasteiger partial charge on any atom is -0.370 e. The predicted octanol–water partition coefficient (Wildman–Crippen LogP) is 2.90. The van der Waals surface area contributed by atoms with Crippen LogP contribution in [0.25, 0.3) is 0 Å². The van der Waals surface area contributed by atoms with Gasteiger partial charge in [0.1, 0.15) is 5.82 Å². The number of rotatable bonds is 6. The van der Waals surface area contributed by atoms with Gasteiger partial charge in [0.05, 0.1) is 0 Å². The average Bonchev–Trinajstić information content (AvgIpc) is 2.83. The van der Waals surface area contributed by atoms with Crippen LogP contribution in [-0.4, -0.2) is 23.1 Å². The maximum atomic E-state index is 4.39. The van der Waals surface area contributed by atoms with E-state index in [9.17, 15) is 0 Å². The maximum absolute atomic E-state index is 4.39. The predicted molar refractivity (Wildman–Crippen MR) is 71.3 cm³/mol. The van der Waals surface area contributed by atoms with E-state index in [2.05, 4.69) is 20.6 Å². The van der Waals surface area contributed by atoms with E-state index in [1.165, 1.54) is 32.1 Å². The van der Waals surface area contributed by atoms with Crippen molar-refractivity contribution < 1.29 is 0 Å². The Labute approximate surface area is 103 Å². The molecule has 0 radical (unpaired) electrons. The van der Waals surface area contributed by atoms with Gasteiger partial charge in [0, 0.05) is 19.3 Å². The molecular weight excluding hydrogens is 212 g/mol. The lowest BCUT2D eigenvalue weighted by atomic mass is 10.0. The molecule has 1 saturated carbocycles. The quantitative estimate of drug-likeness (QED) is 0.794. The van der Waals surface area contributed by atoms with Gasteiger partial charge in [0.15, 0.2) is 0 Å². The van der Waals surface area contributed by atoms with Crippen molar-refractivity contribution in [3.63, 3.8) is 0 Å². The topological polar surface area (TPSA) is 49.8 Å². The molecule has 1 aromatic heterocycles. The number of nitrogens with one attached hydrogen (secondary N) is 2. The van der Waals surface area contributed by atoms with Gasteiger partial charge in [-0.2, -0.15) is 4.98 Å². The Balaban J connectivity index is 1.75. The molecule has 4 heteroatoms. The fourth-order valence-corrected chi connectivity index (χ4v) is 2.40. The first kappa shape index (κ1) is 12.1. The Morgan fingerprint density at radius 1 is 1.29 bits per heavy atom. The Bertz CT molecular complexity index is 334. The lowest BCUT2D eigenvalue weighted by Gasteiger charge is -2.10. The van der Waals surface area contributed by atoms with E-state index in [-0.39, 0.29) is 0 Å². The van der Waals surface area contributed by atoms with Crippen LogP contribution in [0.4, 0.5) is 11.8 Å². The van der Waals surface area contributed by atoms with Crippen LogP contribution in [0.15, 0.2) is 12.3 Å². The van der Waals surface area contributed by atoms with Crippen LogP contribution >= 0.6 is 0 Å². The molecule has 0 bridgehead atoms. The summed E-state index contributed by atoms with van der Waals surface area (Å²) in [6, 6.07) is 1.93. The first-order valence-corrected chi connectivity index (χ1v) is 6.69. The molecule has 1 aliphatic carbocycles. The summed E-state index contributed by atoms with van der Waals surface area (Å²) in [5, 5.41) is 6.50. The molecular formula is C13H22N4. The Morgan fingerprint density at radius 3 is 2.88 bits per heavy atom. The van der Waals surface area contributed by atoms with E-state index in [0.717, 1.165) is 24.8 Å². The molecule has 0 amide bonds. The van der Waals surface area contributed by atoms with E-state index in [1.54, 1.807) is 6.20 Å². The smallest absolute Gasteiger partial charge is 0.224 e. The molecule has 2 rings (SSSR count). The molecule has 0 spiro atoms. The first-order valence-electron chi connectivity index (χ1n) is 6.69. The molecule has 4 nitrogen and oxygen atoms in total. The Morgan fingerprint density at radius 2 is 2.12 bits per heavy atom. The molecule has 1 aliphatic rings. The minimum absolute atomic E-state index is 0.707. The summed E-state index contributed by atoms with van der Waals surface area (Å²) in [5.41, 5.74) is 0. The van der Waals surface area contributed by atoms with Gasteiger partial charge < -0.3 is 10.6 Å². The highest BCUT2D eigenvalue weighted by Crippen LogP contribution is 2.27. The number of hydrogen-bond donors (Lipinski definition) is 2. The fraction of sp³-hybridized carbons (Fsp3) is 0.692. The highest BCUT2D eigenvalue weighted by atomic mass is 15.1. The number of nitrogens with zero attached hydrogens (tertiary/aromatic N) is 2. The van der Waals surface area contributed by atoms with Crippen molar-refractivity contribution in [3.8, 4) is 0 Å². The normalized spacial score (nSPS) is 16.1. The van der Waals surface area contributed by atoms with Crippen LogP contribution in [0.3, 0.4) is 0 Å². The number of anilines is 2. The maximum Gasteiger partial charge on any atom is 0.224 e. The molecule has 0 saturated heterocycles. The monoisotopic (exact) mass is 234 g/mol. The summed E-state index contributed by atoms with van der Waals surface area (Å²) >= 11 is 0. The molecule has 0 unspecified atom stereocenters. The van der Waals surface area contributed by atoms with Crippen molar-refractivity contribution in [2.75, 3.05) is 23.7 Å². The molecule has 0 aromatic carbocycles. The molecule has 94 valence electrons. The lowest BCUT2D eigenvalue weighted by molar-refractivity contribution is 0.518.